The number of hydrogen-bond donors (Lipinski definition) is 2. The zero-order valence-corrected chi connectivity index (χ0v) is 19.8. The first-order valence-electron chi connectivity index (χ1n) is 11.7. The molecule has 1 saturated carbocycles. The van der Waals surface area contributed by atoms with Crippen molar-refractivity contribution in [2.75, 3.05) is 36.4 Å². The fourth-order valence-electron chi connectivity index (χ4n) is 4.14. The normalized spacial score (nSPS) is 16.4. The predicted molar refractivity (Wildman–Crippen MR) is 132 cm³/mol. The molecule has 4 rings (SSSR count). The largest absolute Gasteiger partial charge is 0.369 e. The summed E-state index contributed by atoms with van der Waals surface area (Å²) in [5.74, 6) is -0.760. The molecule has 2 amide bonds. The fourth-order valence-corrected chi connectivity index (χ4v) is 4.14. The van der Waals surface area contributed by atoms with Gasteiger partial charge in [-0.2, -0.15) is 0 Å². The lowest BCUT2D eigenvalue weighted by Gasteiger charge is -2.38. The molecule has 9 heteroatoms. The number of nitro benzene ring substituents is 1. The average Bonchev–Trinajstić information content (AvgIpc) is 3.64. The summed E-state index contributed by atoms with van der Waals surface area (Å²) in [6, 6.07) is 10.5. The molecule has 0 aromatic heterocycles. The van der Waals surface area contributed by atoms with Gasteiger partial charge in [0.1, 0.15) is 5.56 Å². The molecule has 1 saturated heterocycles. The number of nitro groups is 1. The topological polar surface area (TPSA) is 108 Å². The van der Waals surface area contributed by atoms with Crippen molar-refractivity contribution in [1.82, 2.24) is 10.2 Å². The van der Waals surface area contributed by atoms with E-state index in [9.17, 15) is 19.7 Å². The molecule has 2 aromatic carbocycles. The number of rotatable bonds is 7. The molecule has 2 fully saturated rings. The van der Waals surface area contributed by atoms with Crippen LogP contribution in [0.15, 0.2) is 36.4 Å². The van der Waals surface area contributed by atoms with Crippen LogP contribution in [0.4, 0.5) is 17.1 Å². The second-order valence-electron chi connectivity index (χ2n) is 9.31. The summed E-state index contributed by atoms with van der Waals surface area (Å²) >= 11 is 0. The van der Waals surface area contributed by atoms with Crippen LogP contribution in [-0.4, -0.2) is 59.9 Å². The Hall–Kier alpha value is -3.46. The van der Waals surface area contributed by atoms with E-state index in [1.807, 2.05) is 6.92 Å². The lowest BCUT2D eigenvalue weighted by atomic mass is 10.1. The number of piperazine rings is 1. The van der Waals surface area contributed by atoms with Crippen LogP contribution in [-0.2, 0) is 0 Å². The zero-order valence-electron chi connectivity index (χ0n) is 19.8. The van der Waals surface area contributed by atoms with Crippen LogP contribution >= 0.6 is 0 Å². The fraction of sp³-hybridized carbons (Fsp3) is 0.440. The molecule has 0 spiro atoms. The van der Waals surface area contributed by atoms with Crippen molar-refractivity contribution in [3.8, 4) is 0 Å². The number of aryl methyl sites for hydroxylation is 1. The van der Waals surface area contributed by atoms with Gasteiger partial charge in [0.15, 0.2) is 0 Å². The Morgan fingerprint density at radius 1 is 1.03 bits per heavy atom. The van der Waals surface area contributed by atoms with E-state index in [2.05, 4.69) is 34.3 Å². The first kappa shape index (κ1) is 23.7. The van der Waals surface area contributed by atoms with Crippen molar-refractivity contribution in [2.45, 2.75) is 45.7 Å². The van der Waals surface area contributed by atoms with Gasteiger partial charge in [-0.3, -0.25) is 24.6 Å². The van der Waals surface area contributed by atoms with Crippen LogP contribution in [0.2, 0.25) is 0 Å². The molecule has 9 nitrogen and oxygen atoms in total. The SMILES string of the molecule is Cc1ccc(C(=O)NC2CC2)cc1NC(=O)c1cc(N2CCN(C(C)C)CC2)ccc1[N+](=O)[O-]. The van der Waals surface area contributed by atoms with Crippen molar-refractivity contribution < 1.29 is 14.5 Å². The zero-order chi connectivity index (χ0) is 24.4. The van der Waals surface area contributed by atoms with Gasteiger partial charge in [0.2, 0.25) is 0 Å². The highest BCUT2D eigenvalue weighted by Gasteiger charge is 2.26. The average molecular weight is 466 g/mol. The number of anilines is 2. The van der Waals surface area contributed by atoms with Gasteiger partial charge < -0.3 is 15.5 Å². The standard InChI is InChI=1S/C25H31N5O4/c1-16(2)28-10-12-29(13-11-28)20-8-9-23(30(33)34)21(15-20)25(32)27-22-14-18(5-4-17(22)3)24(31)26-19-6-7-19/h4-5,8-9,14-16,19H,6-7,10-13H2,1-3H3,(H,26,31)(H,27,32). The minimum absolute atomic E-state index is 0.000948. The van der Waals surface area contributed by atoms with E-state index in [1.54, 1.807) is 30.3 Å². The maximum atomic E-state index is 13.2. The molecule has 0 radical (unpaired) electrons. The number of amides is 2. The van der Waals surface area contributed by atoms with E-state index in [0.717, 1.165) is 50.3 Å². The van der Waals surface area contributed by atoms with Gasteiger partial charge in [-0.05, 0) is 63.4 Å². The van der Waals surface area contributed by atoms with Gasteiger partial charge in [0.05, 0.1) is 4.92 Å². The Labute approximate surface area is 199 Å². The minimum atomic E-state index is -0.572. The molecule has 1 aliphatic heterocycles. The van der Waals surface area contributed by atoms with Crippen molar-refractivity contribution in [2.24, 2.45) is 0 Å². The number of hydrogen-bond acceptors (Lipinski definition) is 6. The van der Waals surface area contributed by atoms with E-state index >= 15 is 0 Å². The molecule has 0 unspecified atom stereocenters. The van der Waals surface area contributed by atoms with Gasteiger partial charge in [0.25, 0.3) is 17.5 Å². The third-order valence-corrected chi connectivity index (χ3v) is 6.49. The molecule has 0 atom stereocenters. The summed E-state index contributed by atoms with van der Waals surface area (Å²) in [4.78, 5) is 41.3. The van der Waals surface area contributed by atoms with E-state index in [4.69, 9.17) is 0 Å². The van der Waals surface area contributed by atoms with Crippen LogP contribution < -0.4 is 15.5 Å². The van der Waals surface area contributed by atoms with Gasteiger partial charge in [-0.1, -0.05) is 6.07 Å². The van der Waals surface area contributed by atoms with Crippen molar-refractivity contribution in [3.05, 3.63) is 63.2 Å². The maximum absolute atomic E-state index is 13.2. The molecule has 34 heavy (non-hydrogen) atoms. The van der Waals surface area contributed by atoms with E-state index in [0.29, 0.717) is 17.3 Å². The summed E-state index contributed by atoms with van der Waals surface area (Å²) in [6.07, 6.45) is 1.96. The van der Waals surface area contributed by atoms with Crippen molar-refractivity contribution in [3.63, 3.8) is 0 Å². The van der Waals surface area contributed by atoms with Gasteiger partial charge in [-0.25, -0.2) is 0 Å². The Kier molecular flexibility index (Phi) is 6.83. The van der Waals surface area contributed by atoms with Crippen molar-refractivity contribution in [1.29, 1.82) is 0 Å². The molecule has 1 aliphatic carbocycles. The molecule has 0 bridgehead atoms. The Balaban J connectivity index is 1.55. The maximum Gasteiger partial charge on any atom is 0.282 e. The summed E-state index contributed by atoms with van der Waals surface area (Å²) < 4.78 is 0. The van der Waals surface area contributed by atoms with Crippen LogP contribution in [0, 0.1) is 17.0 Å². The lowest BCUT2D eigenvalue weighted by molar-refractivity contribution is -0.385. The number of nitrogens with one attached hydrogen (secondary N) is 2. The van der Waals surface area contributed by atoms with Crippen LogP contribution in [0.3, 0.4) is 0 Å². The predicted octanol–water partition coefficient (Wildman–Crippen LogP) is 3.58. The molecular formula is C25H31N5O4. The molecule has 2 aromatic rings. The molecular weight excluding hydrogens is 434 g/mol. The number of carbonyl (C=O) groups excluding carboxylic acids is 2. The third-order valence-electron chi connectivity index (χ3n) is 6.49. The number of nitrogens with zero attached hydrogens (tertiary/aromatic N) is 3. The quantitative estimate of drug-likeness (QED) is 0.478. The Morgan fingerprint density at radius 2 is 1.74 bits per heavy atom. The monoisotopic (exact) mass is 465 g/mol. The third kappa shape index (κ3) is 5.36. The number of benzene rings is 2. The van der Waals surface area contributed by atoms with Gasteiger partial charge in [-0.15, -0.1) is 0 Å². The van der Waals surface area contributed by atoms with Crippen molar-refractivity contribution >= 4 is 28.9 Å². The highest BCUT2D eigenvalue weighted by Crippen LogP contribution is 2.28. The van der Waals surface area contributed by atoms with E-state index < -0.39 is 10.8 Å². The van der Waals surface area contributed by atoms with Crippen LogP contribution in [0.25, 0.3) is 0 Å². The summed E-state index contributed by atoms with van der Waals surface area (Å²) in [5, 5.41) is 17.4. The second-order valence-corrected chi connectivity index (χ2v) is 9.31. The smallest absolute Gasteiger partial charge is 0.282 e. The highest BCUT2D eigenvalue weighted by molar-refractivity contribution is 6.08. The lowest BCUT2D eigenvalue weighted by Crippen LogP contribution is -2.48. The van der Waals surface area contributed by atoms with Crippen LogP contribution in [0.1, 0.15) is 53.0 Å². The Morgan fingerprint density at radius 3 is 2.35 bits per heavy atom. The summed E-state index contributed by atoms with van der Waals surface area (Å²) in [5.41, 5.74) is 2.20. The van der Waals surface area contributed by atoms with Crippen LogP contribution in [0.5, 0.6) is 0 Å². The second kappa shape index (κ2) is 9.80. The highest BCUT2D eigenvalue weighted by atomic mass is 16.6. The minimum Gasteiger partial charge on any atom is -0.369 e. The van der Waals surface area contributed by atoms with E-state index in [-0.39, 0.29) is 23.2 Å². The van der Waals surface area contributed by atoms with Gasteiger partial charge >= 0.3 is 0 Å². The van der Waals surface area contributed by atoms with Gasteiger partial charge in [0, 0.05) is 61.3 Å². The molecule has 1 heterocycles. The first-order chi connectivity index (χ1) is 16.2. The van der Waals surface area contributed by atoms with E-state index in [1.165, 1.54) is 6.07 Å². The molecule has 2 aliphatic rings. The summed E-state index contributed by atoms with van der Waals surface area (Å²) in [7, 11) is 0. The number of carbonyl (C=O) groups is 2. The summed E-state index contributed by atoms with van der Waals surface area (Å²) in [6.45, 7) is 9.50. The Bertz CT molecular complexity index is 1100. The first-order valence-corrected chi connectivity index (χ1v) is 11.7. The molecule has 2 N–H and O–H groups in total. The molecule has 180 valence electrons.